The number of nitrogens with zero attached hydrogens (tertiary/aromatic N) is 1. The molecular formula is C17H21FN2O5. The molecular weight excluding hydrogens is 331 g/mol. The van der Waals surface area contributed by atoms with Gasteiger partial charge in [0.1, 0.15) is 11.4 Å². The summed E-state index contributed by atoms with van der Waals surface area (Å²) in [6.07, 6.45) is -1.11. The number of ketones is 1. The highest BCUT2D eigenvalue weighted by molar-refractivity contribution is 6.64. The first kappa shape index (κ1) is 20.3. The zero-order valence-corrected chi connectivity index (χ0v) is 14.6. The Balaban J connectivity index is 2.89. The molecule has 1 N–H and O–H groups in total. The smallest absolute Gasteiger partial charge is 0.428 e. The van der Waals surface area contributed by atoms with Crippen LogP contribution in [0.2, 0.25) is 0 Å². The molecule has 25 heavy (non-hydrogen) atoms. The van der Waals surface area contributed by atoms with Crippen LogP contribution in [0.4, 0.5) is 9.18 Å². The summed E-state index contributed by atoms with van der Waals surface area (Å²) in [4.78, 5) is 35.8. The third kappa shape index (κ3) is 7.56. The quantitative estimate of drug-likeness (QED) is 0.367. The second-order valence-corrected chi connectivity index (χ2v) is 6.02. The number of hydrogen-bond acceptors (Lipinski definition) is 6. The van der Waals surface area contributed by atoms with Gasteiger partial charge in [-0.1, -0.05) is 12.1 Å². The van der Waals surface area contributed by atoms with E-state index in [1.165, 1.54) is 24.3 Å². The lowest BCUT2D eigenvalue weighted by molar-refractivity contribution is -0.135. The van der Waals surface area contributed by atoms with Crippen LogP contribution in [0.3, 0.4) is 0 Å². The van der Waals surface area contributed by atoms with Crippen LogP contribution in [-0.2, 0) is 25.5 Å². The molecule has 0 atom stereocenters. The van der Waals surface area contributed by atoms with Crippen LogP contribution in [0, 0.1) is 5.82 Å². The molecule has 136 valence electrons. The molecule has 0 bridgehead atoms. The lowest BCUT2D eigenvalue weighted by Gasteiger charge is -2.18. The van der Waals surface area contributed by atoms with Gasteiger partial charge in [0.15, 0.2) is 5.78 Å². The number of hydrazone groups is 1. The topological polar surface area (TPSA) is 94.1 Å². The van der Waals surface area contributed by atoms with Gasteiger partial charge in [-0.3, -0.25) is 4.79 Å². The SMILES string of the molecule is CCOC(=O)C(=NNC(=O)OC(C)(C)C)C(=O)Cc1ccc(F)cc1. The van der Waals surface area contributed by atoms with Crippen molar-refractivity contribution in [3.8, 4) is 0 Å². The fraction of sp³-hybridized carbons (Fsp3) is 0.412. The van der Waals surface area contributed by atoms with Gasteiger partial charge < -0.3 is 9.47 Å². The number of ether oxygens (including phenoxy) is 2. The molecule has 0 aliphatic heterocycles. The molecule has 0 aliphatic rings. The average Bonchev–Trinajstić information content (AvgIpc) is 2.48. The molecule has 1 aromatic rings. The zero-order valence-electron chi connectivity index (χ0n) is 14.6. The fourth-order valence-corrected chi connectivity index (χ4v) is 1.70. The van der Waals surface area contributed by atoms with Crippen molar-refractivity contribution in [2.45, 2.75) is 39.7 Å². The number of rotatable bonds is 6. The summed E-state index contributed by atoms with van der Waals surface area (Å²) >= 11 is 0. The molecule has 1 aromatic carbocycles. The van der Waals surface area contributed by atoms with Gasteiger partial charge in [0.25, 0.3) is 0 Å². The zero-order chi connectivity index (χ0) is 19.0. The van der Waals surface area contributed by atoms with Crippen molar-refractivity contribution in [1.82, 2.24) is 5.43 Å². The number of nitrogens with one attached hydrogen (secondary N) is 1. The van der Waals surface area contributed by atoms with Crippen LogP contribution >= 0.6 is 0 Å². The second kappa shape index (κ2) is 8.91. The van der Waals surface area contributed by atoms with Crippen LogP contribution in [0.1, 0.15) is 33.3 Å². The Morgan fingerprint density at radius 2 is 1.76 bits per heavy atom. The lowest BCUT2D eigenvalue weighted by atomic mass is 10.1. The van der Waals surface area contributed by atoms with E-state index >= 15 is 0 Å². The van der Waals surface area contributed by atoms with Crippen molar-refractivity contribution in [3.05, 3.63) is 35.6 Å². The Morgan fingerprint density at radius 1 is 1.16 bits per heavy atom. The Morgan fingerprint density at radius 3 is 2.28 bits per heavy atom. The van der Waals surface area contributed by atoms with Gasteiger partial charge in [-0.15, -0.1) is 0 Å². The van der Waals surface area contributed by atoms with E-state index in [1.807, 2.05) is 5.43 Å². The van der Waals surface area contributed by atoms with Crippen LogP contribution in [0.5, 0.6) is 0 Å². The molecule has 0 radical (unpaired) electrons. The van der Waals surface area contributed by atoms with Crippen molar-refractivity contribution in [3.63, 3.8) is 0 Å². The summed E-state index contributed by atoms with van der Waals surface area (Å²) in [6.45, 7) is 6.57. The molecule has 0 aliphatic carbocycles. The largest absolute Gasteiger partial charge is 0.461 e. The third-order valence-corrected chi connectivity index (χ3v) is 2.67. The summed E-state index contributed by atoms with van der Waals surface area (Å²) < 4.78 is 22.7. The predicted molar refractivity (Wildman–Crippen MR) is 88.5 cm³/mol. The molecule has 1 rings (SSSR count). The van der Waals surface area contributed by atoms with Crippen molar-refractivity contribution in [2.24, 2.45) is 5.10 Å². The second-order valence-electron chi connectivity index (χ2n) is 6.02. The lowest BCUT2D eigenvalue weighted by Crippen LogP contribution is -2.34. The summed E-state index contributed by atoms with van der Waals surface area (Å²) in [6, 6.07) is 5.22. The summed E-state index contributed by atoms with van der Waals surface area (Å²) in [5.41, 5.74) is 1.15. The third-order valence-electron chi connectivity index (χ3n) is 2.67. The minimum atomic E-state index is -0.967. The highest BCUT2D eigenvalue weighted by Gasteiger charge is 2.23. The molecule has 7 nitrogen and oxygen atoms in total. The Hall–Kier alpha value is -2.77. The first-order chi connectivity index (χ1) is 11.6. The van der Waals surface area contributed by atoms with Crippen LogP contribution in [0.25, 0.3) is 0 Å². The molecule has 0 saturated carbocycles. The maximum atomic E-state index is 12.9. The molecule has 0 spiro atoms. The van der Waals surface area contributed by atoms with E-state index in [4.69, 9.17) is 9.47 Å². The molecule has 0 saturated heterocycles. The molecule has 8 heteroatoms. The first-order valence-corrected chi connectivity index (χ1v) is 7.64. The van der Waals surface area contributed by atoms with Crippen LogP contribution in [-0.4, -0.2) is 35.8 Å². The molecule has 0 unspecified atom stereocenters. The van der Waals surface area contributed by atoms with E-state index in [-0.39, 0.29) is 13.0 Å². The van der Waals surface area contributed by atoms with Gasteiger partial charge in [0.2, 0.25) is 5.71 Å². The van der Waals surface area contributed by atoms with Gasteiger partial charge >= 0.3 is 12.1 Å². The van der Waals surface area contributed by atoms with Crippen molar-refractivity contribution < 1.29 is 28.2 Å². The molecule has 0 fully saturated rings. The molecule has 0 aromatic heterocycles. The monoisotopic (exact) mass is 352 g/mol. The van der Waals surface area contributed by atoms with Gasteiger partial charge in [-0.2, -0.15) is 5.10 Å². The number of amides is 1. The van der Waals surface area contributed by atoms with Gasteiger partial charge in [-0.05, 0) is 45.4 Å². The summed E-state index contributed by atoms with van der Waals surface area (Å²) in [7, 11) is 0. The number of hydrogen-bond donors (Lipinski definition) is 1. The van der Waals surface area contributed by atoms with E-state index in [0.29, 0.717) is 5.56 Å². The van der Waals surface area contributed by atoms with Gasteiger partial charge in [0, 0.05) is 6.42 Å². The van der Waals surface area contributed by atoms with E-state index < -0.39 is 35.0 Å². The van der Waals surface area contributed by atoms with E-state index in [2.05, 4.69) is 5.10 Å². The highest BCUT2D eigenvalue weighted by atomic mass is 19.1. The fourth-order valence-electron chi connectivity index (χ4n) is 1.70. The number of esters is 1. The summed E-state index contributed by atoms with van der Waals surface area (Å²) in [5.74, 6) is -2.09. The van der Waals surface area contributed by atoms with E-state index in [1.54, 1.807) is 27.7 Å². The predicted octanol–water partition coefficient (Wildman–Crippen LogP) is 2.38. The number of carbonyl (C=O) groups is 3. The first-order valence-electron chi connectivity index (χ1n) is 7.64. The normalized spacial score (nSPS) is 11.6. The summed E-state index contributed by atoms with van der Waals surface area (Å²) in [5, 5.41) is 3.53. The molecule has 0 heterocycles. The Bertz CT molecular complexity index is 663. The maximum absolute atomic E-state index is 12.9. The van der Waals surface area contributed by atoms with Crippen molar-refractivity contribution >= 4 is 23.6 Å². The van der Waals surface area contributed by atoms with Crippen molar-refractivity contribution in [2.75, 3.05) is 6.61 Å². The Labute approximate surface area is 145 Å². The number of halogens is 1. The number of carbonyl (C=O) groups excluding carboxylic acids is 3. The average molecular weight is 352 g/mol. The van der Waals surface area contributed by atoms with E-state index in [0.717, 1.165) is 0 Å². The molecule has 1 amide bonds. The number of Topliss-reactive ketones (excluding diaryl/α,β-unsaturated/α-hetero) is 1. The standard InChI is InChI=1S/C17H21FN2O5/c1-5-24-15(22)14(19-20-16(23)25-17(2,3)4)13(21)10-11-6-8-12(18)9-7-11/h6-9H,5,10H2,1-4H3,(H,20,23). The Kier molecular flexibility index (Phi) is 7.22. The highest BCUT2D eigenvalue weighted by Crippen LogP contribution is 2.07. The van der Waals surface area contributed by atoms with E-state index in [9.17, 15) is 18.8 Å². The number of benzene rings is 1. The minimum absolute atomic E-state index is 0.0358. The van der Waals surface area contributed by atoms with Gasteiger partial charge in [-0.25, -0.2) is 19.4 Å². The maximum Gasteiger partial charge on any atom is 0.428 e. The minimum Gasteiger partial charge on any atom is -0.461 e. The van der Waals surface area contributed by atoms with Crippen molar-refractivity contribution in [1.29, 1.82) is 0 Å². The van der Waals surface area contributed by atoms with Crippen LogP contribution in [0.15, 0.2) is 29.4 Å². The van der Waals surface area contributed by atoms with Crippen LogP contribution < -0.4 is 5.43 Å². The van der Waals surface area contributed by atoms with Gasteiger partial charge in [0.05, 0.1) is 6.61 Å².